The Labute approximate surface area is 138 Å². The number of halogens is 2. The average Bonchev–Trinajstić information content (AvgIpc) is 2.48. The lowest BCUT2D eigenvalue weighted by Gasteiger charge is -2.19. The van der Waals surface area contributed by atoms with Gasteiger partial charge < -0.3 is 10.1 Å². The summed E-state index contributed by atoms with van der Waals surface area (Å²) in [7, 11) is 1.48. The topological polar surface area (TPSA) is 21.3 Å². The van der Waals surface area contributed by atoms with E-state index >= 15 is 0 Å². The molecule has 1 atom stereocenters. The van der Waals surface area contributed by atoms with Crippen LogP contribution in [0.1, 0.15) is 24.1 Å². The van der Waals surface area contributed by atoms with Gasteiger partial charge in [-0.05, 0) is 70.9 Å². The molecule has 0 heterocycles. The van der Waals surface area contributed by atoms with Crippen molar-refractivity contribution in [2.75, 3.05) is 13.7 Å². The maximum atomic E-state index is 13.8. The highest BCUT2D eigenvalue weighted by molar-refractivity contribution is 14.1. The van der Waals surface area contributed by atoms with Crippen LogP contribution < -0.4 is 10.1 Å². The Balaban J connectivity index is 2.19. The number of nitrogens with one attached hydrogen (secondary N) is 1. The molecule has 0 aromatic heterocycles. The molecule has 2 nitrogen and oxygen atoms in total. The first kappa shape index (κ1) is 16.2. The Bertz CT molecular complexity index is 586. The molecule has 4 heteroatoms. The Morgan fingerprint density at radius 3 is 2.48 bits per heavy atom. The molecule has 0 amide bonds. The number of benzene rings is 2. The molecule has 0 bridgehead atoms. The number of methoxy groups -OCH3 is 1. The van der Waals surface area contributed by atoms with E-state index in [0.717, 1.165) is 18.5 Å². The van der Waals surface area contributed by atoms with Crippen molar-refractivity contribution in [1.82, 2.24) is 5.32 Å². The highest BCUT2D eigenvalue weighted by Gasteiger charge is 2.12. The van der Waals surface area contributed by atoms with E-state index < -0.39 is 0 Å². The highest BCUT2D eigenvalue weighted by Crippen LogP contribution is 2.23. The summed E-state index contributed by atoms with van der Waals surface area (Å²) < 4.78 is 20.0. The first-order valence-corrected chi connectivity index (χ1v) is 8.03. The van der Waals surface area contributed by atoms with Gasteiger partial charge in [-0.15, -0.1) is 0 Å². The van der Waals surface area contributed by atoms with E-state index in [9.17, 15) is 4.39 Å². The van der Waals surface area contributed by atoms with E-state index in [1.165, 1.54) is 16.2 Å². The lowest BCUT2D eigenvalue weighted by molar-refractivity contribution is 0.386. The number of rotatable bonds is 6. The van der Waals surface area contributed by atoms with Crippen molar-refractivity contribution < 1.29 is 9.13 Å². The zero-order valence-electron chi connectivity index (χ0n) is 12.2. The smallest absolute Gasteiger partial charge is 0.165 e. The summed E-state index contributed by atoms with van der Waals surface area (Å²) in [5.41, 5.74) is 2.17. The number of ether oxygens (including phenoxy) is 1. The molecule has 0 saturated carbocycles. The number of hydrogen-bond donors (Lipinski definition) is 1. The third-order valence-corrected chi connectivity index (χ3v) is 4.10. The SMILES string of the molecule is CCNC(Cc1ccc(OC)c(F)c1)c1ccc(I)cc1. The molecule has 0 aliphatic rings. The number of likely N-dealkylation sites (N-methyl/N-ethyl adjacent to an activating group) is 1. The van der Waals surface area contributed by atoms with Crippen molar-refractivity contribution in [3.05, 3.63) is 63.0 Å². The predicted molar refractivity (Wildman–Crippen MR) is 92.2 cm³/mol. The van der Waals surface area contributed by atoms with Gasteiger partial charge in [-0.1, -0.05) is 25.1 Å². The minimum atomic E-state index is -0.312. The normalized spacial score (nSPS) is 12.2. The van der Waals surface area contributed by atoms with E-state index in [1.807, 2.05) is 6.07 Å². The molecular weight excluding hydrogens is 380 g/mol. The summed E-state index contributed by atoms with van der Waals surface area (Å²) >= 11 is 2.29. The summed E-state index contributed by atoms with van der Waals surface area (Å²) in [5, 5.41) is 3.46. The van der Waals surface area contributed by atoms with Gasteiger partial charge in [-0.25, -0.2) is 4.39 Å². The lowest BCUT2D eigenvalue weighted by Crippen LogP contribution is -2.23. The van der Waals surface area contributed by atoms with Crippen LogP contribution in [0.4, 0.5) is 4.39 Å². The minimum absolute atomic E-state index is 0.180. The molecule has 0 spiro atoms. The largest absolute Gasteiger partial charge is 0.494 e. The lowest BCUT2D eigenvalue weighted by atomic mass is 9.98. The van der Waals surface area contributed by atoms with Gasteiger partial charge in [-0.2, -0.15) is 0 Å². The average molecular weight is 399 g/mol. The maximum Gasteiger partial charge on any atom is 0.165 e. The third-order valence-electron chi connectivity index (χ3n) is 3.38. The Kier molecular flexibility index (Phi) is 5.99. The molecule has 0 aliphatic carbocycles. The monoisotopic (exact) mass is 399 g/mol. The van der Waals surface area contributed by atoms with Crippen molar-refractivity contribution in [2.24, 2.45) is 0 Å². The Hall–Kier alpha value is -1.14. The van der Waals surface area contributed by atoms with Crippen LogP contribution in [-0.4, -0.2) is 13.7 Å². The molecule has 0 radical (unpaired) electrons. The van der Waals surface area contributed by atoms with Gasteiger partial charge >= 0.3 is 0 Å². The quantitative estimate of drug-likeness (QED) is 0.731. The van der Waals surface area contributed by atoms with Crippen molar-refractivity contribution in [2.45, 2.75) is 19.4 Å². The molecule has 0 fully saturated rings. The molecule has 1 N–H and O–H groups in total. The van der Waals surface area contributed by atoms with Crippen LogP contribution in [0.5, 0.6) is 5.75 Å². The van der Waals surface area contributed by atoms with E-state index in [0.29, 0.717) is 0 Å². The Morgan fingerprint density at radius 2 is 1.90 bits per heavy atom. The molecule has 0 saturated heterocycles. The fraction of sp³-hybridized carbons (Fsp3) is 0.294. The van der Waals surface area contributed by atoms with E-state index in [1.54, 1.807) is 12.1 Å². The maximum absolute atomic E-state index is 13.8. The van der Waals surface area contributed by atoms with Crippen LogP contribution >= 0.6 is 22.6 Å². The molecule has 1 unspecified atom stereocenters. The zero-order chi connectivity index (χ0) is 15.2. The highest BCUT2D eigenvalue weighted by atomic mass is 127. The van der Waals surface area contributed by atoms with Gasteiger partial charge in [0.05, 0.1) is 7.11 Å². The van der Waals surface area contributed by atoms with Crippen LogP contribution in [0.2, 0.25) is 0 Å². The first-order chi connectivity index (χ1) is 10.1. The van der Waals surface area contributed by atoms with Crippen LogP contribution in [-0.2, 0) is 6.42 Å². The van der Waals surface area contributed by atoms with Crippen molar-refractivity contribution in [3.63, 3.8) is 0 Å². The molecule has 0 aliphatic heterocycles. The van der Waals surface area contributed by atoms with E-state index in [-0.39, 0.29) is 17.6 Å². The first-order valence-electron chi connectivity index (χ1n) is 6.95. The fourth-order valence-electron chi connectivity index (χ4n) is 2.32. The standard InChI is InChI=1S/C17H19FINO/c1-3-20-16(13-5-7-14(19)8-6-13)11-12-4-9-17(21-2)15(18)10-12/h4-10,16,20H,3,11H2,1-2H3. The van der Waals surface area contributed by atoms with Gasteiger partial charge in [-0.3, -0.25) is 0 Å². The van der Waals surface area contributed by atoms with Gasteiger partial charge in [0.15, 0.2) is 11.6 Å². The van der Waals surface area contributed by atoms with Crippen molar-refractivity contribution >= 4 is 22.6 Å². The third kappa shape index (κ3) is 4.41. The summed E-state index contributed by atoms with van der Waals surface area (Å²) in [6, 6.07) is 13.8. The van der Waals surface area contributed by atoms with Crippen LogP contribution in [0.15, 0.2) is 42.5 Å². The summed E-state index contributed by atoms with van der Waals surface area (Å²) in [5.74, 6) is -0.0270. The van der Waals surface area contributed by atoms with E-state index in [2.05, 4.69) is 59.1 Å². The molecule has 2 aromatic rings. The molecule has 21 heavy (non-hydrogen) atoms. The second-order valence-electron chi connectivity index (χ2n) is 4.83. The molecule has 112 valence electrons. The summed E-state index contributed by atoms with van der Waals surface area (Å²) in [4.78, 5) is 0. The van der Waals surface area contributed by atoms with Gasteiger partial charge in [0.1, 0.15) is 0 Å². The van der Waals surface area contributed by atoms with Crippen molar-refractivity contribution in [3.8, 4) is 5.75 Å². The van der Waals surface area contributed by atoms with Crippen LogP contribution in [0.25, 0.3) is 0 Å². The molecular formula is C17H19FINO. The molecule has 2 rings (SSSR count). The number of hydrogen-bond acceptors (Lipinski definition) is 2. The van der Waals surface area contributed by atoms with Gasteiger partial charge in [0.2, 0.25) is 0 Å². The molecule has 2 aromatic carbocycles. The second kappa shape index (κ2) is 7.75. The Morgan fingerprint density at radius 1 is 1.19 bits per heavy atom. The van der Waals surface area contributed by atoms with Crippen LogP contribution in [0.3, 0.4) is 0 Å². The van der Waals surface area contributed by atoms with Crippen LogP contribution in [0, 0.1) is 9.39 Å². The fourth-order valence-corrected chi connectivity index (χ4v) is 2.68. The summed E-state index contributed by atoms with van der Waals surface area (Å²) in [6.07, 6.45) is 0.745. The zero-order valence-corrected chi connectivity index (χ0v) is 14.4. The van der Waals surface area contributed by atoms with E-state index in [4.69, 9.17) is 4.74 Å². The predicted octanol–water partition coefficient (Wildman–Crippen LogP) is 4.33. The van der Waals surface area contributed by atoms with Gasteiger partial charge in [0, 0.05) is 9.61 Å². The second-order valence-corrected chi connectivity index (χ2v) is 6.08. The minimum Gasteiger partial charge on any atom is -0.494 e. The van der Waals surface area contributed by atoms with Crippen molar-refractivity contribution in [1.29, 1.82) is 0 Å². The van der Waals surface area contributed by atoms with Gasteiger partial charge in [0.25, 0.3) is 0 Å². The summed E-state index contributed by atoms with van der Waals surface area (Å²) in [6.45, 7) is 2.95.